The average Bonchev–Trinajstić information content (AvgIpc) is 3.21. The summed E-state index contributed by atoms with van der Waals surface area (Å²) in [7, 11) is 1.66. The van der Waals surface area contributed by atoms with Crippen LogP contribution in [0.2, 0.25) is 0 Å². The fourth-order valence-electron chi connectivity index (χ4n) is 3.10. The third-order valence-corrected chi connectivity index (χ3v) is 4.16. The van der Waals surface area contributed by atoms with Crippen LogP contribution in [0.15, 0.2) is 24.3 Å². The summed E-state index contributed by atoms with van der Waals surface area (Å²) in [4.78, 5) is 14.7. The van der Waals surface area contributed by atoms with Gasteiger partial charge in [0.05, 0.1) is 18.3 Å². The van der Waals surface area contributed by atoms with Crippen LogP contribution in [0.5, 0.6) is 5.75 Å². The molecule has 0 unspecified atom stereocenters. The number of fused-ring (bicyclic) bond motifs is 1. The predicted molar refractivity (Wildman–Crippen MR) is 80.9 cm³/mol. The van der Waals surface area contributed by atoms with E-state index in [1.807, 2.05) is 17.0 Å². The summed E-state index contributed by atoms with van der Waals surface area (Å²) in [5, 5.41) is 0. The second kappa shape index (κ2) is 4.37. The van der Waals surface area contributed by atoms with Crippen LogP contribution in [0.25, 0.3) is 5.57 Å². The molecule has 2 aliphatic rings. The van der Waals surface area contributed by atoms with Crippen molar-refractivity contribution in [2.75, 3.05) is 12.0 Å². The molecule has 1 aliphatic carbocycles. The Balaban J connectivity index is 2.20. The number of amides is 1. The number of methoxy groups -OCH3 is 1. The summed E-state index contributed by atoms with van der Waals surface area (Å²) in [6, 6.07) is 5.97. The lowest BCUT2D eigenvalue weighted by Gasteiger charge is -2.42. The van der Waals surface area contributed by atoms with Gasteiger partial charge in [-0.25, -0.2) is 0 Å². The number of benzene rings is 1. The van der Waals surface area contributed by atoms with E-state index in [9.17, 15) is 4.79 Å². The summed E-state index contributed by atoms with van der Waals surface area (Å²) in [6.07, 6.45) is 4.20. The van der Waals surface area contributed by atoms with Crippen molar-refractivity contribution in [2.45, 2.75) is 39.2 Å². The van der Waals surface area contributed by atoms with E-state index in [-0.39, 0.29) is 17.4 Å². The van der Waals surface area contributed by atoms with Crippen molar-refractivity contribution >= 4 is 17.2 Å². The molecule has 0 radical (unpaired) electrons. The maximum absolute atomic E-state index is 12.8. The highest BCUT2D eigenvalue weighted by Crippen LogP contribution is 2.46. The fraction of sp³-hybridized carbons (Fsp3) is 0.471. The van der Waals surface area contributed by atoms with Gasteiger partial charge in [0.25, 0.3) is 0 Å². The largest absolute Gasteiger partial charge is 0.495 e. The number of allylic oxidation sites excluding steroid dienone is 1. The standard InChI is InChI=1S/C17H21NO2/c1-11-10-17(2,3)18(16(19)12-8-9-12)15-13(11)6-5-7-14(15)20-4/h5-7,10,12H,8-9H2,1-4H3. The molecule has 3 rings (SSSR count). The monoisotopic (exact) mass is 271 g/mol. The molecule has 0 aromatic heterocycles. The second-order valence-electron chi connectivity index (χ2n) is 6.29. The molecule has 3 nitrogen and oxygen atoms in total. The van der Waals surface area contributed by atoms with E-state index in [1.165, 1.54) is 5.57 Å². The summed E-state index contributed by atoms with van der Waals surface area (Å²) < 4.78 is 5.51. The van der Waals surface area contributed by atoms with Gasteiger partial charge in [0.2, 0.25) is 5.91 Å². The number of para-hydroxylation sites is 1. The van der Waals surface area contributed by atoms with Gasteiger partial charge in [-0.1, -0.05) is 18.2 Å². The summed E-state index contributed by atoms with van der Waals surface area (Å²) in [5.41, 5.74) is 2.91. The molecule has 1 aromatic rings. The van der Waals surface area contributed by atoms with E-state index in [2.05, 4.69) is 32.9 Å². The lowest BCUT2D eigenvalue weighted by Crippen LogP contribution is -2.49. The van der Waals surface area contributed by atoms with Crippen LogP contribution < -0.4 is 9.64 Å². The number of ether oxygens (including phenoxy) is 1. The zero-order valence-electron chi connectivity index (χ0n) is 12.6. The zero-order valence-corrected chi connectivity index (χ0v) is 12.6. The first-order chi connectivity index (χ1) is 9.45. The van der Waals surface area contributed by atoms with E-state index in [0.29, 0.717) is 0 Å². The molecule has 0 bridgehead atoms. The van der Waals surface area contributed by atoms with Crippen molar-refractivity contribution in [1.82, 2.24) is 0 Å². The van der Waals surface area contributed by atoms with Gasteiger partial charge in [0, 0.05) is 11.5 Å². The molecule has 0 N–H and O–H groups in total. The van der Waals surface area contributed by atoms with Crippen molar-refractivity contribution < 1.29 is 9.53 Å². The summed E-state index contributed by atoms with van der Waals surface area (Å²) in [6.45, 7) is 6.28. The first-order valence-electron chi connectivity index (χ1n) is 7.16. The molecule has 1 aliphatic heterocycles. The van der Waals surface area contributed by atoms with Gasteiger partial charge in [-0.3, -0.25) is 9.69 Å². The maximum atomic E-state index is 12.8. The van der Waals surface area contributed by atoms with Crippen molar-refractivity contribution in [1.29, 1.82) is 0 Å². The van der Waals surface area contributed by atoms with Gasteiger partial charge in [0.15, 0.2) is 0 Å². The van der Waals surface area contributed by atoms with Crippen LogP contribution in [0.1, 0.15) is 39.2 Å². The first kappa shape index (κ1) is 13.2. The number of carbonyl (C=O) groups is 1. The van der Waals surface area contributed by atoms with E-state index < -0.39 is 0 Å². The number of rotatable bonds is 2. The second-order valence-corrected chi connectivity index (χ2v) is 6.29. The molecule has 0 saturated heterocycles. The molecule has 3 heteroatoms. The predicted octanol–water partition coefficient (Wildman–Crippen LogP) is 3.63. The Bertz CT molecular complexity index is 597. The van der Waals surface area contributed by atoms with E-state index in [4.69, 9.17) is 4.74 Å². The zero-order chi connectivity index (χ0) is 14.5. The van der Waals surface area contributed by atoms with Gasteiger partial charge >= 0.3 is 0 Å². The topological polar surface area (TPSA) is 29.5 Å². The van der Waals surface area contributed by atoms with Crippen LogP contribution in [-0.4, -0.2) is 18.6 Å². The minimum atomic E-state index is -0.314. The normalized spacial score (nSPS) is 20.2. The van der Waals surface area contributed by atoms with Crippen LogP contribution in [0.4, 0.5) is 5.69 Å². The highest BCUT2D eigenvalue weighted by Gasteiger charge is 2.43. The summed E-state index contributed by atoms with van der Waals surface area (Å²) in [5.74, 6) is 1.19. The van der Waals surface area contributed by atoms with Crippen molar-refractivity contribution in [3.8, 4) is 5.75 Å². The molecule has 1 heterocycles. The fourth-order valence-corrected chi connectivity index (χ4v) is 3.10. The highest BCUT2D eigenvalue weighted by atomic mass is 16.5. The minimum absolute atomic E-state index is 0.193. The van der Waals surface area contributed by atoms with Crippen molar-refractivity contribution in [2.24, 2.45) is 5.92 Å². The van der Waals surface area contributed by atoms with Gasteiger partial charge in [0.1, 0.15) is 5.75 Å². The smallest absolute Gasteiger partial charge is 0.230 e. The Morgan fingerprint density at radius 2 is 2.05 bits per heavy atom. The van der Waals surface area contributed by atoms with Crippen LogP contribution in [0, 0.1) is 5.92 Å². The van der Waals surface area contributed by atoms with Gasteiger partial charge in [-0.15, -0.1) is 0 Å². The minimum Gasteiger partial charge on any atom is -0.495 e. The van der Waals surface area contributed by atoms with Crippen LogP contribution in [0.3, 0.4) is 0 Å². The van der Waals surface area contributed by atoms with Crippen LogP contribution in [-0.2, 0) is 4.79 Å². The molecule has 0 spiro atoms. The van der Waals surface area contributed by atoms with Crippen molar-refractivity contribution in [3.63, 3.8) is 0 Å². The lowest BCUT2D eigenvalue weighted by molar-refractivity contribution is -0.120. The Labute approximate surface area is 120 Å². The number of nitrogens with zero attached hydrogens (tertiary/aromatic N) is 1. The Morgan fingerprint density at radius 1 is 1.35 bits per heavy atom. The Morgan fingerprint density at radius 3 is 2.65 bits per heavy atom. The molecule has 1 amide bonds. The van der Waals surface area contributed by atoms with E-state index >= 15 is 0 Å². The molecule has 20 heavy (non-hydrogen) atoms. The van der Waals surface area contributed by atoms with Crippen LogP contribution >= 0.6 is 0 Å². The average molecular weight is 271 g/mol. The van der Waals surface area contributed by atoms with Gasteiger partial charge < -0.3 is 4.74 Å². The maximum Gasteiger partial charge on any atom is 0.230 e. The molecule has 106 valence electrons. The molecular formula is C17H21NO2. The highest BCUT2D eigenvalue weighted by molar-refractivity contribution is 6.04. The van der Waals surface area contributed by atoms with Crippen molar-refractivity contribution in [3.05, 3.63) is 29.8 Å². The van der Waals surface area contributed by atoms with E-state index in [1.54, 1.807) is 7.11 Å². The Hall–Kier alpha value is -1.77. The quantitative estimate of drug-likeness (QED) is 0.822. The van der Waals surface area contributed by atoms with E-state index in [0.717, 1.165) is 29.8 Å². The molecule has 1 fully saturated rings. The lowest BCUT2D eigenvalue weighted by atomic mass is 9.88. The molecular weight excluding hydrogens is 250 g/mol. The first-order valence-corrected chi connectivity index (χ1v) is 7.16. The molecule has 1 saturated carbocycles. The summed E-state index contributed by atoms with van der Waals surface area (Å²) >= 11 is 0. The third kappa shape index (κ3) is 1.92. The number of carbonyl (C=O) groups excluding carboxylic acids is 1. The molecule has 0 atom stereocenters. The Kier molecular flexibility index (Phi) is 2.89. The third-order valence-electron chi connectivity index (χ3n) is 4.16. The van der Waals surface area contributed by atoms with Gasteiger partial charge in [-0.2, -0.15) is 0 Å². The molecule has 1 aromatic carbocycles. The number of hydrogen-bond donors (Lipinski definition) is 0. The van der Waals surface area contributed by atoms with Gasteiger partial charge in [-0.05, 0) is 45.3 Å². The number of anilines is 1. The SMILES string of the molecule is COc1cccc2c1N(C(=O)C1CC1)C(C)(C)C=C2C. The number of hydrogen-bond acceptors (Lipinski definition) is 2.